The maximum absolute atomic E-state index is 12.2. The summed E-state index contributed by atoms with van der Waals surface area (Å²) >= 11 is 11.9. The number of nitrogens with zero attached hydrogens (tertiary/aromatic N) is 1. The van der Waals surface area contributed by atoms with Crippen LogP contribution in [0.25, 0.3) is 0 Å². The van der Waals surface area contributed by atoms with Crippen molar-refractivity contribution in [1.82, 2.24) is 4.90 Å². The van der Waals surface area contributed by atoms with Crippen molar-refractivity contribution < 1.29 is 19.4 Å². The Morgan fingerprint density at radius 3 is 2.76 bits per heavy atom. The van der Waals surface area contributed by atoms with E-state index in [-0.39, 0.29) is 18.2 Å². The van der Waals surface area contributed by atoms with Gasteiger partial charge in [-0.25, -0.2) is 4.79 Å². The molecule has 0 bridgehead atoms. The summed E-state index contributed by atoms with van der Waals surface area (Å²) in [6.45, 7) is 0.277. The molecule has 2 amide bonds. The van der Waals surface area contributed by atoms with Gasteiger partial charge in [-0.2, -0.15) is 0 Å². The van der Waals surface area contributed by atoms with Crippen molar-refractivity contribution in [3.05, 3.63) is 28.2 Å². The maximum Gasteiger partial charge on any atom is 0.321 e. The quantitative estimate of drug-likeness (QED) is 0.891. The van der Waals surface area contributed by atoms with Crippen LogP contribution in [0.2, 0.25) is 10.0 Å². The Morgan fingerprint density at radius 1 is 1.38 bits per heavy atom. The van der Waals surface area contributed by atoms with Crippen LogP contribution < -0.4 is 5.32 Å². The molecule has 1 aromatic carbocycles. The third kappa shape index (κ3) is 3.40. The molecule has 0 spiro atoms. The van der Waals surface area contributed by atoms with Crippen LogP contribution in [0, 0.1) is 5.92 Å². The predicted molar refractivity (Wildman–Crippen MR) is 79.0 cm³/mol. The number of carboxylic acid groups (broad SMARTS) is 1. The molecule has 1 aliphatic heterocycles. The zero-order valence-corrected chi connectivity index (χ0v) is 12.7. The third-order valence-electron chi connectivity index (χ3n) is 3.38. The molecular formula is C13H14Cl2N2O4. The summed E-state index contributed by atoms with van der Waals surface area (Å²) in [7, 11) is 1.52. The van der Waals surface area contributed by atoms with Gasteiger partial charge in [0.15, 0.2) is 0 Å². The largest absolute Gasteiger partial charge is 0.481 e. The number of ether oxygens (including phenoxy) is 1. The lowest BCUT2D eigenvalue weighted by Crippen LogP contribution is -2.45. The number of aliphatic carboxylic acids is 1. The van der Waals surface area contributed by atoms with E-state index in [2.05, 4.69) is 5.32 Å². The van der Waals surface area contributed by atoms with Crippen LogP contribution in [0.4, 0.5) is 10.5 Å². The van der Waals surface area contributed by atoms with Gasteiger partial charge >= 0.3 is 12.0 Å². The first kappa shape index (κ1) is 15.9. The highest BCUT2D eigenvalue weighted by atomic mass is 35.5. The zero-order chi connectivity index (χ0) is 15.6. The topological polar surface area (TPSA) is 78.9 Å². The number of carboxylic acids is 1. The Hall–Kier alpha value is -1.50. The normalized spacial score (nSPS) is 21.1. The molecule has 2 unspecified atom stereocenters. The standard InChI is InChI=1S/C13H14Cl2N2O4/c1-17(10-6-21-5-7(10)12(18)19)13(20)16-9-4-2-3-8(14)11(9)15/h2-4,7,10H,5-6H2,1H3,(H,16,20)(H,18,19). The molecular weight excluding hydrogens is 319 g/mol. The highest BCUT2D eigenvalue weighted by Crippen LogP contribution is 2.30. The molecule has 1 aliphatic rings. The Balaban J connectivity index is 2.09. The van der Waals surface area contributed by atoms with Crippen molar-refractivity contribution in [2.75, 3.05) is 25.6 Å². The van der Waals surface area contributed by atoms with Crippen molar-refractivity contribution >= 4 is 40.9 Å². The number of carbonyl (C=O) groups is 2. The second-order valence-electron chi connectivity index (χ2n) is 4.69. The third-order valence-corrected chi connectivity index (χ3v) is 4.20. The summed E-state index contributed by atoms with van der Waals surface area (Å²) in [4.78, 5) is 24.6. The highest BCUT2D eigenvalue weighted by Gasteiger charge is 2.38. The van der Waals surface area contributed by atoms with E-state index < -0.39 is 24.0 Å². The SMILES string of the molecule is CN(C(=O)Nc1cccc(Cl)c1Cl)C1COCC1C(=O)O. The predicted octanol–water partition coefficient (Wildman–Crippen LogP) is 2.56. The second-order valence-corrected chi connectivity index (χ2v) is 5.48. The summed E-state index contributed by atoms with van der Waals surface area (Å²) in [5.74, 6) is -1.73. The Morgan fingerprint density at radius 2 is 2.10 bits per heavy atom. The van der Waals surface area contributed by atoms with Gasteiger partial charge in [-0.1, -0.05) is 29.3 Å². The van der Waals surface area contributed by atoms with Crippen LogP contribution in [-0.4, -0.2) is 48.3 Å². The maximum atomic E-state index is 12.2. The summed E-state index contributed by atoms with van der Waals surface area (Å²) in [5, 5.41) is 12.3. The van der Waals surface area contributed by atoms with Crippen molar-refractivity contribution in [3.8, 4) is 0 Å². The van der Waals surface area contributed by atoms with Crippen LogP contribution >= 0.6 is 23.2 Å². The van der Waals surface area contributed by atoms with E-state index in [0.29, 0.717) is 10.7 Å². The number of amides is 2. The van der Waals surface area contributed by atoms with E-state index in [1.165, 1.54) is 11.9 Å². The van der Waals surface area contributed by atoms with Crippen LogP contribution in [-0.2, 0) is 9.53 Å². The Kier molecular flexibility index (Phi) is 4.92. The van der Waals surface area contributed by atoms with Crippen LogP contribution in [0.1, 0.15) is 0 Å². The summed E-state index contributed by atoms with van der Waals surface area (Å²) in [6.07, 6.45) is 0. The van der Waals surface area contributed by atoms with E-state index >= 15 is 0 Å². The number of nitrogens with one attached hydrogen (secondary N) is 1. The van der Waals surface area contributed by atoms with Gasteiger partial charge in [-0.15, -0.1) is 0 Å². The molecule has 1 fully saturated rings. The van der Waals surface area contributed by atoms with E-state index in [4.69, 9.17) is 33.0 Å². The van der Waals surface area contributed by atoms with Crippen LogP contribution in [0.3, 0.4) is 0 Å². The molecule has 0 saturated carbocycles. The molecule has 2 rings (SSSR count). The van der Waals surface area contributed by atoms with E-state index in [1.807, 2.05) is 0 Å². The van der Waals surface area contributed by atoms with Gasteiger partial charge in [-0.3, -0.25) is 4.79 Å². The highest BCUT2D eigenvalue weighted by molar-refractivity contribution is 6.43. The van der Waals surface area contributed by atoms with E-state index in [0.717, 1.165) is 0 Å². The number of likely N-dealkylation sites (N-methyl/N-ethyl adjacent to an activating group) is 1. The molecule has 21 heavy (non-hydrogen) atoms. The molecule has 1 saturated heterocycles. The first-order valence-corrected chi connectivity index (χ1v) is 6.95. The minimum Gasteiger partial charge on any atom is -0.481 e. The minimum atomic E-state index is -0.988. The number of anilines is 1. The van der Waals surface area contributed by atoms with Gasteiger partial charge < -0.3 is 20.1 Å². The van der Waals surface area contributed by atoms with Crippen molar-refractivity contribution in [2.24, 2.45) is 5.92 Å². The van der Waals surface area contributed by atoms with Gasteiger partial charge in [0.05, 0.1) is 35.0 Å². The molecule has 0 aliphatic carbocycles. The molecule has 1 heterocycles. The molecule has 2 atom stereocenters. The average molecular weight is 333 g/mol. The fourth-order valence-electron chi connectivity index (χ4n) is 2.11. The number of urea groups is 1. The van der Waals surface area contributed by atoms with Crippen molar-refractivity contribution in [1.29, 1.82) is 0 Å². The second kappa shape index (κ2) is 6.51. The first-order valence-electron chi connectivity index (χ1n) is 6.20. The Labute approximate surface area is 131 Å². The smallest absolute Gasteiger partial charge is 0.321 e. The fourth-order valence-corrected chi connectivity index (χ4v) is 2.46. The molecule has 2 N–H and O–H groups in total. The number of hydrogen-bond donors (Lipinski definition) is 2. The summed E-state index contributed by atoms with van der Waals surface area (Å²) in [5.41, 5.74) is 0.367. The lowest BCUT2D eigenvalue weighted by atomic mass is 10.0. The van der Waals surface area contributed by atoms with E-state index in [9.17, 15) is 9.59 Å². The van der Waals surface area contributed by atoms with Crippen LogP contribution in [0.5, 0.6) is 0 Å². The number of carbonyl (C=O) groups excluding carboxylic acids is 1. The van der Waals surface area contributed by atoms with Crippen molar-refractivity contribution in [2.45, 2.75) is 6.04 Å². The lowest BCUT2D eigenvalue weighted by molar-refractivity contribution is -0.142. The first-order chi connectivity index (χ1) is 9.91. The van der Waals surface area contributed by atoms with Crippen LogP contribution in [0.15, 0.2) is 18.2 Å². The Bertz CT molecular complexity index is 567. The minimum absolute atomic E-state index is 0.0928. The molecule has 1 aromatic rings. The van der Waals surface area contributed by atoms with Gasteiger partial charge in [0.1, 0.15) is 5.92 Å². The number of benzene rings is 1. The molecule has 0 aromatic heterocycles. The van der Waals surface area contributed by atoms with Gasteiger partial charge in [0.2, 0.25) is 0 Å². The van der Waals surface area contributed by atoms with Gasteiger partial charge in [-0.05, 0) is 12.1 Å². The fraction of sp³-hybridized carbons (Fsp3) is 0.385. The summed E-state index contributed by atoms with van der Waals surface area (Å²) < 4.78 is 5.15. The average Bonchev–Trinajstić information content (AvgIpc) is 2.92. The number of hydrogen-bond acceptors (Lipinski definition) is 3. The van der Waals surface area contributed by atoms with Crippen molar-refractivity contribution in [3.63, 3.8) is 0 Å². The summed E-state index contributed by atoms with van der Waals surface area (Å²) in [6, 6.07) is 3.87. The van der Waals surface area contributed by atoms with Gasteiger partial charge in [0.25, 0.3) is 0 Å². The number of rotatable bonds is 3. The van der Waals surface area contributed by atoms with E-state index in [1.54, 1.807) is 18.2 Å². The monoisotopic (exact) mass is 332 g/mol. The molecule has 114 valence electrons. The van der Waals surface area contributed by atoms with Gasteiger partial charge in [0, 0.05) is 7.05 Å². The zero-order valence-electron chi connectivity index (χ0n) is 11.2. The lowest BCUT2D eigenvalue weighted by Gasteiger charge is -2.26. The molecule has 8 heteroatoms. The number of halogens is 2. The molecule has 6 nitrogen and oxygen atoms in total. The molecule has 0 radical (unpaired) electrons.